The number of carbonyl (C=O) groups excluding carboxylic acids is 1. The number of carbonyl (C=O) groups is 1. The Balaban J connectivity index is 1.97. The molecule has 23 heavy (non-hydrogen) atoms. The maximum atomic E-state index is 12.4. The number of benzene rings is 1. The molecule has 0 aliphatic heterocycles. The molecule has 1 amide bonds. The Kier molecular flexibility index (Phi) is 3.80. The Hall–Kier alpha value is -3.15. The quantitative estimate of drug-likeness (QED) is 0.774. The minimum absolute atomic E-state index is 0.280. The highest BCUT2D eigenvalue weighted by molar-refractivity contribution is 5.96. The number of aromatic nitrogens is 2. The third-order valence-corrected chi connectivity index (χ3v) is 3.59. The highest BCUT2D eigenvalue weighted by atomic mass is 16.3. The molecular weight excluding hydrogens is 294 g/mol. The molecule has 1 atom stereocenters. The zero-order chi connectivity index (χ0) is 16.4. The van der Waals surface area contributed by atoms with Gasteiger partial charge in [-0.15, -0.1) is 0 Å². The van der Waals surface area contributed by atoms with Crippen molar-refractivity contribution in [1.29, 1.82) is 0 Å². The van der Waals surface area contributed by atoms with Gasteiger partial charge in [0.05, 0.1) is 6.04 Å². The van der Waals surface area contributed by atoms with Crippen molar-refractivity contribution in [2.45, 2.75) is 13.0 Å². The zero-order valence-electron chi connectivity index (χ0n) is 12.4. The molecule has 3 rings (SSSR count). The minimum atomic E-state index is -0.758. The first-order chi connectivity index (χ1) is 11.1. The molecule has 0 spiro atoms. The first kappa shape index (κ1) is 14.8. The first-order valence-corrected chi connectivity index (χ1v) is 7.14. The van der Waals surface area contributed by atoms with Gasteiger partial charge < -0.3 is 10.4 Å². The largest absolute Gasteiger partial charge is 0.493 e. The van der Waals surface area contributed by atoms with Gasteiger partial charge in [0, 0.05) is 6.20 Å². The number of amides is 1. The Bertz CT molecular complexity index is 919. The van der Waals surface area contributed by atoms with Crippen molar-refractivity contribution in [3.63, 3.8) is 0 Å². The molecule has 6 heteroatoms. The van der Waals surface area contributed by atoms with Crippen LogP contribution in [0, 0.1) is 0 Å². The maximum Gasteiger partial charge on any atom is 0.290 e. The molecule has 2 N–H and O–H groups in total. The topological polar surface area (TPSA) is 83.7 Å². The van der Waals surface area contributed by atoms with Crippen molar-refractivity contribution in [3.05, 3.63) is 76.2 Å². The molecule has 116 valence electrons. The van der Waals surface area contributed by atoms with Gasteiger partial charge in [-0.2, -0.15) is 4.98 Å². The lowest BCUT2D eigenvalue weighted by Gasteiger charge is -2.15. The minimum Gasteiger partial charge on any atom is -0.493 e. The Labute approximate surface area is 132 Å². The Morgan fingerprint density at radius 2 is 1.87 bits per heavy atom. The highest BCUT2D eigenvalue weighted by Gasteiger charge is 2.21. The fourth-order valence-electron chi connectivity index (χ4n) is 2.37. The molecule has 2 aromatic heterocycles. The molecule has 0 saturated carbocycles. The van der Waals surface area contributed by atoms with Crippen molar-refractivity contribution in [2.24, 2.45) is 0 Å². The smallest absolute Gasteiger partial charge is 0.290 e. The third kappa shape index (κ3) is 2.78. The van der Waals surface area contributed by atoms with Gasteiger partial charge in [0.25, 0.3) is 11.5 Å². The molecule has 0 saturated heterocycles. The standard InChI is InChI=1S/C17H15N3O3/c1-11(12-7-3-2-4-8-12)18-15(21)14-16(22)19-13-9-5-6-10-20(13)17(14)23/h2-11,23H,1H3,(H,18,21)/t11-/m0/s1. The first-order valence-electron chi connectivity index (χ1n) is 7.14. The van der Waals surface area contributed by atoms with Crippen molar-refractivity contribution >= 4 is 11.6 Å². The van der Waals surface area contributed by atoms with E-state index in [0.717, 1.165) is 5.56 Å². The van der Waals surface area contributed by atoms with E-state index in [0.29, 0.717) is 0 Å². The summed E-state index contributed by atoms with van der Waals surface area (Å²) in [5.74, 6) is -1.08. The van der Waals surface area contributed by atoms with Gasteiger partial charge in [-0.05, 0) is 24.6 Å². The van der Waals surface area contributed by atoms with Crippen LogP contribution in [0.5, 0.6) is 5.88 Å². The second-order valence-corrected chi connectivity index (χ2v) is 5.15. The van der Waals surface area contributed by atoms with Crippen LogP contribution in [0.15, 0.2) is 59.5 Å². The summed E-state index contributed by atoms with van der Waals surface area (Å²) in [6.07, 6.45) is 1.54. The molecule has 2 heterocycles. The van der Waals surface area contributed by atoms with E-state index >= 15 is 0 Å². The van der Waals surface area contributed by atoms with Crippen LogP contribution in [0.2, 0.25) is 0 Å². The summed E-state index contributed by atoms with van der Waals surface area (Å²) in [4.78, 5) is 28.3. The maximum absolute atomic E-state index is 12.4. The molecule has 6 nitrogen and oxygen atoms in total. The number of nitrogens with zero attached hydrogens (tertiary/aromatic N) is 2. The number of aromatic hydroxyl groups is 1. The van der Waals surface area contributed by atoms with Crippen LogP contribution in [-0.2, 0) is 0 Å². The fourth-order valence-corrected chi connectivity index (χ4v) is 2.37. The number of hydrogen-bond donors (Lipinski definition) is 2. The third-order valence-electron chi connectivity index (χ3n) is 3.59. The average molecular weight is 309 g/mol. The summed E-state index contributed by atoms with van der Waals surface area (Å²) in [6.45, 7) is 1.80. The van der Waals surface area contributed by atoms with Crippen LogP contribution in [0.25, 0.3) is 5.65 Å². The highest BCUT2D eigenvalue weighted by Crippen LogP contribution is 2.16. The molecule has 0 aliphatic rings. The monoisotopic (exact) mass is 309 g/mol. The van der Waals surface area contributed by atoms with E-state index in [-0.39, 0.29) is 17.3 Å². The number of nitrogens with one attached hydrogen (secondary N) is 1. The number of pyridine rings is 1. The lowest BCUT2D eigenvalue weighted by atomic mass is 10.1. The van der Waals surface area contributed by atoms with E-state index in [9.17, 15) is 14.7 Å². The van der Waals surface area contributed by atoms with Crippen molar-refractivity contribution in [1.82, 2.24) is 14.7 Å². The van der Waals surface area contributed by atoms with Gasteiger partial charge in [-0.3, -0.25) is 14.0 Å². The summed E-state index contributed by atoms with van der Waals surface area (Å²) in [5, 5.41) is 13.0. The molecule has 0 unspecified atom stereocenters. The second-order valence-electron chi connectivity index (χ2n) is 5.15. The molecule has 0 fully saturated rings. The predicted octanol–water partition coefficient (Wildman–Crippen LogP) is 1.89. The summed E-state index contributed by atoms with van der Waals surface area (Å²) in [7, 11) is 0. The van der Waals surface area contributed by atoms with Crippen molar-refractivity contribution in [2.75, 3.05) is 0 Å². The molecule has 1 aromatic carbocycles. The van der Waals surface area contributed by atoms with Crippen LogP contribution >= 0.6 is 0 Å². The van der Waals surface area contributed by atoms with Crippen LogP contribution < -0.4 is 10.9 Å². The van der Waals surface area contributed by atoms with Crippen LogP contribution in [0.4, 0.5) is 0 Å². The average Bonchev–Trinajstić information content (AvgIpc) is 2.55. The van der Waals surface area contributed by atoms with E-state index in [2.05, 4.69) is 10.3 Å². The van der Waals surface area contributed by atoms with Gasteiger partial charge in [0.1, 0.15) is 5.65 Å². The van der Waals surface area contributed by atoms with Crippen molar-refractivity contribution < 1.29 is 9.90 Å². The normalized spacial score (nSPS) is 12.0. The number of fused-ring (bicyclic) bond motifs is 1. The molecule has 3 aromatic rings. The number of hydrogen-bond acceptors (Lipinski definition) is 4. The summed E-state index contributed by atoms with van der Waals surface area (Å²) in [5.41, 5.74) is 0.0554. The van der Waals surface area contributed by atoms with Gasteiger partial charge in [-0.25, -0.2) is 0 Å². The lowest BCUT2D eigenvalue weighted by molar-refractivity contribution is 0.0934. The van der Waals surface area contributed by atoms with Gasteiger partial charge in [-0.1, -0.05) is 36.4 Å². The Morgan fingerprint density at radius 3 is 2.61 bits per heavy atom. The lowest BCUT2D eigenvalue weighted by Crippen LogP contribution is -2.32. The fraction of sp³-hybridized carbons (Fsp3) is 0.118. The van der Waals surface area contributed by atoms with E-state index in [1.54, 1.807) is 25.1 Å². The molecule has 0 bridgehead atoms. The van der Waals surface area contributed by atoms with Gasteiger partial charge >= 0.3 is 0 Å². The van der Waals surface area contributed by atoms with Crippen molar-refractivity contribution in [3.8, 4) is 5.88 Å². The van der Waals surface area contributed by atoms with E-state index in [4.69, 9.17) is 0 Å². The van der Waals surface area contributed by atoms with Crippen LogP contribution in [0.3, 0.4) is 0 Å². The zero-order valence-corrected chi connectivity index (χ0v) is 12.4. The molecule has 0 aliphatic carbocycles. The summed E-state index contributed by atoms with van der Waals surface area (Å²) >= 11 is 0. The van der Waals surface area contributed by atoms with Crippen LogP contribution in [0.1, 0.15) is 28.9 Å². The summed E-state index contributed by atoms with van der Waals surface area (Å²) < 4.78 is 1.30. The van der Waals surface area contributed by atoms with Crippen LogP contribution in [-0.4, -0.2) is 20.4 Å². The number of rotatable bonds is 3. The van der Waals surface area contributed by atoms with Gasteiger partial charge in [0.2, 0.25) is 5.88 Å². The van der Waals surface area contributed by atoms with Gasteiger partial charge in [0.15, 0.2) is 5.56 Å². The predicted molar refractivity (Wildman–Crippen MR) is 85.5 cm³/mol. The molecular formula is C17H15N3O3. The molecule has 0 radical (unpaired) electrons. The van der Waals surface area contributed by atoms with E-state index in [1.807, 2.05) is 30.3 Å². The van der Waals surface area contributed by atoms with E-state index < -0.39 is 17.3 Å². The second kappa shape index (κ2) is 5.92. The summed E-state index contributed by atoms with van der Waals surface area (Å²) in [6, 6.07) is 14.0. The SMILES string of the molecule is C[C@H](NC(=O)c1c(O)n2ccccc2nc1=O)c1ccccc1. The Morgan fingerprint density at radius 1 is 1.17 bits per heavy atom. The van der Waals surface area contributed by atoms with E-state index in [1.165, 1.54) is 10.6 Å².